The van der Waals surface area contributed by atoms with Gasteiger partial charge in [0.05, 0.1) is 24.1 Å². The van der Waals surface area contributed by atoms with Crippen molar-refractivity contribution in [2.24, 2.45) is 0 Å². The van der Waals surface area contributed by atoms with E-state index in [4.69, 9.17) is 27.9 Å². The summed E-state index contributed by atoms with van der Waals surface area (Å²) in [6.07, 6.45) is 0.998. The number of hydrogen-bond acceptors (Lipinski definition) is 4. The number of para-hydroxylation sites is 1. The Labute approximate surface area is 162 Å². The molecule has 0 heterocycles. The van der Waals surface area contributed by atoms with Crippen LogP contribution in [0, 0.1) is 0 Å². The maximum Gasteiger partial charge on any atom is 0.241 e. The lowest BCUT2D eigenvalue weighted by atomic mass is 10.2. The first kappa shape index (κ1) is 20.4. The molecule has 140 valence electrons. The van der Waals surface area contributed by atoms with Crippen LogP contribution in [0.5, 0.6) is 5.75 Å². The van der Waals surface area contributed by atoms with Gasteiger partial charge in [0.1, 0.15) is 12.3 Å². The number of rotatable bonds is 7. The highest BCUT2D eigenvalue weighted by Crippen LogP contribution is 2.30. The van der Waals surface area contributed by atoms with Crippen molar-refractivity contribution in [3.05, 3.63) is 58.1 Å². The van der Waals surface area contributed by atoms with Crippen molar-refractivity contribution in [2.45, 2.75) is 6.54 Å². The van der Waals surface area contributed by atoms with Crippen LogP contribution in [-0.4, -0.2) is 34.2 Å². The number of anilines is 1. The second-order valence-electron chi connectivity index (χ2n) is 5.45. The fourth-order valence-electron chi connectivity index (χ4n) is 2.29. The van der Waals surface area contributed by atoms with Crippen LogP contribution in [0.25, 0.3) is 0 Å². The van der Waals surface area contributed by atoms with Crippen molar-refractivity contribution in [1.29, 1.82) is 0 Å². The molecule has 9 heteroatoms. The van der Waals surface area contributed by atoms with Gasteiger partial charge in [-0.1, -0.05) is 41.4 Å². The van der Waals surface area contributed by atoms with Crippen molar-refractivity contribution in [1.82, 2.24) is 5.32 Å². The molecule has 0 spiro atoms. The Hall–Kier alpha value is -1.96. The van der Waals surface area contributed by atoms with Gasteiger partial charge in [-0.3, -0.25) is 9.10 Å². The Morgan fingerprint density at radius 2 is 1.88 bits per heavy atom. The fraction of sp³-hybridized carbons (Fsp3) is 0.235. The van der Waals surface area contributed by atoms with Gasteiger partial charge in [-0.15, -0.1) is 0 Å². The molecule has 0 aliphatic rings. The quantitative estimate of drug-likeness (QED) is 0.752. The average Bonchev–Trinajstić information content (AvgIpc) is 2.59. The smallest absolute Gasteiger partial charge is 0.241 e. The number of ether oxygens (including phenoxy) is 1. The molecule has 0 aliphatic carbocycles. The zero-order valence-corrected chi connectivity index (χ0v) is 16.5. The third-order valence-electron chi connectivity index (χ3n) is 3.53. The monoisotopic (exact) mass is 416 g/mol. The van der Waals surface area contributed by atoms with Crippen molar-refractivity contribution in [3.63, 3.8) is 0 Å². The highest BCUT2D eigenvalue weighted by atomic mass is 35.5. The first-order valence-electron chi connectivity index (χ1n) is 7.53. The molecule has 2 aromatic carbocycles. The summed E-state index contributed by atoms with van der Waals surface area (Å²) in [5.74, 6) is 0.142. The molecule has 0 bridgehead atoms. The minimum Gasteiger partial charge on any atom is -0.496 e. The Morgan fingerprint density at radius 3 is 2.54 bits per heavy atom. The van der Waals surface area contributed by atoms with Gasteiger partial charge in [-0.2, -0.15) is 0 Å². The molecule has 0 saturated heterocycles. The van der Waals surface area contributed by atoms with Crippen molar-refractivity contribution in [3.8, 4) is 5.75 Å². The SMILES string of the molecule is COc1ccccc1CNC(=O)CN(c1cc(Cl)ccc1Cl)S(C)(=O)=O. The molecular formula is C17H18Cl2N2O4S. The van der Waals surface area contributed by atoms with Crippen LogP contribution < -0.4 is 14.4 Å². The normalized spacial score (nSPS) is 11.1. The van der Waals surface area contributed by atoms with E-state index in [-0.39, 0.29) is 17.3 Å². The summed E-state index contributed by atoms with van der Waals surface area (Å²) >= 11 is 12.0. The Morgan fingerprint density at radius 1 is 1.19 bits per heavy atom. The summed E-state index contributed by atoms with van der Waals surface area (Å²) in [7, 11) is -2.21. The first-order chi connectivity index (χ1) is 12.2. The standard InChI is InChI=1S/C17H18Cl2N2O4S/c1-25-16-6-4-3-5-12(16)10-20-17(22)11-21(26(2,23)24)15-9-13(18)7-8-14(15)19/h3-9H,10-11H2,1-2H3,(H,20,22). The van der Waals surface area contributed by atoms with Crippen molar-refractivity contribution < 1.29 is 17.9 Å². The lowest BCUT2D eigenvalue weighted by Gasteiger charge is -2.23. The maximum atomic E-state index is 12.3. The minimum atomic E-state index is -3.74. The number of carbonyl (C=O) groups is 1. The number of hydrogen-bond donors (Lipinski definition) is 1. The molecule has 2 aromatic rings. The van der Waals surface area contributed by atoms with E-state index in [2.05, 4.69) is 5.32 Å². The lowest BCUT2D eigenvalue weighted by Crippen LogP contribution is -2.40. The Balaban J connectivity index is 2.16. The minimum absolute atomic E-state index is 0.147. The number of benzene rings is 2. The highest BCUT2D eigenvalue weighted by molar-refractivity contribution is 7.92. The molecule has 2 rings (SSSR count). The summed E-state index contributed by atoms with van der Waals surface area (Å²) in [6.45, 7) is -0.224. The maximum absolute atomic E-state index is 12.3. The molecule has 0 fully saturated rings. The van der Waals surface area contributed by atoms with Crippen LogP contribution in [0.3, 0.4) is 0 Å². The number of carbonyl (C=O) groups excluding carboxylic acids is 1. The van der Waals surface area contributed by atoms with E-state index in [0.717, 1.165) is 16.1 Å². The van der Waals surface area contributed by atoms with Gasteiger partial charge in [0.25, 0.3) is 0 Å². The van der Waals surface area contributed by atoms with E-state index in [0.29, 0.717) is 10.8 Å². The molecule has 26 heavy (non-hydrogen) atoms. The fourth-order valence-corrected chi connectivity index (χ4v) is 3.58. The zero-order chi connectivity index (χ0) is 19.3. The summed E-state index contributed by atoms with van der Waals surface area (Å²) in [4.78, 5) is 12.3. The molecule has 0 unspecified atom stereocenters. The van der Waals surface area contributed by atoms with Gasteiger partial charge in [-0.25, -0.2) is 8.42 Å². The molecular weight excluding hydrogens is 399 g/mol. The summed E-state index contributed by atoms with van der Waals surface area (Å²) < 4.78 is 30.4. The molecule has 6 nitrogen and oxygen atoms in total. The predicted molar refractivity (Wildman–Crippen MR) is 103 cm³/mol. The summed E-state index contributed by atoms with van der Waals surface area (Å²) in [6, 6.07) is 11.6. The topological polar surface area (TPSA) is 75.7 Å². The molecule has 0 atom stereocenters. The molecule has 0 aromatic heterocycles. The van der Waals surface area contributed by atoms with Crippen LogP contribution in [0.4, 0.5) is 5.69 Å². The number of amides is 1. The zero-order valence-electron chi connectivity index (χ0n) is 14.2. The second-order valence-corrected chi connectivity index (χ2v) is 8.20. The molecule has 1 amide bonds. The van der Waals surface area contributed by atoms with Gasteiger partial charge >= 0.3 is 0 Å². The van der Waals surface area contributed by atoms with E-state index >= 15 is 0 Å². The van der Waals surface area contributed by atoms with Crippen molar-refractivity contribution in [2.75, 3.05) is 24.2 Å². The van der Waals surface area contributed by atoms with E-state index in [1.807, 2.05) is 12.1 Å². The molecule has 0 radical (unpaired) electrons. The second kappa shape index (κ2) is 8.62. The van der Waals surface area contributed by atoms with Gasteiger partial charge < -0.3 is 10.1 Å². The van der Waals surface area contributed by atoms with E-state index in [1.165, 1.54) is 25.3 Å². The Kier molecular flexibility index (Phi) is 6.75. The van der Waals surface area contributed by atoms with E-state index < -0.39 is 22.5 Å². The molecule has 1 N–H and O–H groups in total. The van der Waals surface area contributed by atoms with Gasteiger partial charge in [0, 0.05) is 17.1 Å². The number of methoxy groups -OCH3 is 1. The number of sulfonamides is 1. The highest BCUT2D eigenvalue weighted by Gasteiger charge is 2.23. The number of halogens is 2. The Bertz CT molecular complexity index is 903. The number of nitrogens with zero attached hydrogens (tertiary/aromatic N) is 1. The van der Waals surface area contributed by atoms with E-state index in [9.17, 15) is 13.2 Å². The van der Waals surface area contributed by atoms with Gasteiger partial charge in [0.15, 0.2) is 0 Å². The van der Waals surface area contributed by atoms with Gasteiger partial charge in [0.2, 0.25) is 15.9 Å². The molecule has 0 saturated carbocycles. The molecule has 0 aliphatic heterocycles. The van der Waals surface area contributed by atoms with Crippen LogP contribution in [0.15, 0.2) is 42.5 Å². The van der Waals surface area contributed by atoms with E-state index in [1.54, 1.807) is 12.1 Å². The largest absolute Gasteiger partial charge is 0.496 e. The third kappa shape index (κ3) is 5.27. The predicted octanol–water partition coefficient (Wildman–Crippen LogP) is 3.08. The van der Waals surface area contributed by atoms with Crippen LogP contribution in [0.2, 0.25) is 10.0 Å². The summed E-state index contributed by atoms with van der Waals surface area (Å²) in [5, 5.41) is 3.17. The van der Waals surface area contributed by atoms with Crippen LogP contribution in [0.1, 0.15) is 5.56 Å². The summed E-state index contributed by atoms with van der Waals surface area (Å²) in [5.41, 5.74) is 0.921. The first-order valence-corrected chi connectivity index (χ1v) is 10.1. The van der Waals surface area contributed by atoms with Crippen LogP contribution >= 0.6 is 23.2 Å². The van der Waals surface area contributed by atoms with Crippen molar-refractivity contribution >= 4 is 44.8 Å². The average molecular weight is 417 g/mol. The third-order valence-corrected chi connectivity index (χ3v) is 5.21. The number of nitrogens with one attached hydrogen (secondary N) is 1. The lowest BCUT2D eigenvalue weighted by molar-refractivity contribution is -0.119. The van der Waals surface area contributed by atoms with Gasteiger partial charge in [-0.05, 0) is 24.3 Å². The van der Waals surface area contributed by atoms with Crippen LogP contribution in [-0.2, 0) is 21.4 Å².